The summed E-state index contributed by atoms with van der Waals surface area (Å²) in [5.74, 6) is 0.217. The second-order valence-electron chi connectivity index (χ2n) is 6.77. The molecule has 0 radical (unpaired) electrons. The molecule has 1 aromatic rings. The van der Waals surface area contributed by atoms with Gasteiger partial charge in [-0.15, -0.1) is 0 Å². The Morgan fingerprint density at radius 2 is 1.78 bits per heavy atom. The van der Waals surface area contributed by atoms with Gasteiger partial charge < -0.3 is 14.2 Å². The SMILES string of the molecule is CN(C)/C=N\c1cc(C(F)F)c(B2OC(C)(C)C(C)(C)O2)cn1. The van der Waals surface area contributed by atoms with Gasteiger partial charge in [0.15, 0.2) is 5.82 Å². The zero-order valence-electron chi connectivity index (χ0n) is 14.3. The molecule has 0 atom stereocenters. The molecule has 0 aliphatic carbocycles. The Balaban J connectivity index is 2.36. The third-order valence-electron chi connectivity index (χ3n) is 4.12. The quantitative estimate of drug-likeness (QED) is 0.485. The van der Waals surface area contributed by atoms with Crippen LogP contribution in [0.4, 0.5) is 14.6 Å². The highest BCUT2D eigenvalue weighted by Gasteiger charge is 2.52. The van der Waals surface area contributed by atoms with Crippen LogP contribution in [0.3, 0.4) is 0 Å². The summed E-state index contributed by atoms with van der Waals surface area (Å²) in [6.45, 7) is 7.49. The summed E-state index contributed by atoms with van der Waals surface area (Å²) in [6, 6.07) is 1.27. The Labute approximate surface area is 135 Å². The van der Waals surface area contributed by atoms with E-state index in [1.165, 1.54) is 18.6 Å². The molecule has 1 saturated heterocycles. The van der Waals surface area contributed by atoms with Gasteiger partial charge in [-0.2, -0.15) is 0 Å². The van der Waals surface area contributed by atoms with Gasteiger partial charge in [0.1, 0.15) is 0 Å². The summed E-state index contributed by atoms with van der Waals surface area (Å²) in [5, 5.41) is 0. The van der Waals surface area contributed by atoms with E-state index in [4.69, 9.17) is 9.31 Å². The predicted octanol–water partition coefficient (Wildman–Crippen LogP) is 2.54. The van der Waals surface area contributed by atoms with Crippen LogP contribution in [-0.4, -0.2) is 48.6 Å². The molecule has 0 N–H and O–H groups in total. The number of hydrogen-bond donors (Lipinski definition) is 0. The molecule has 0 saturated carbocycles. The Hall–Kier alpha value is -1.54. The summed E-state index contributed by atoms with van der Waals surface area (Å²) in [4.78, 5) is 9.86. The third-order valence-corrected chi connectivity index (χ3v) is 4.12. The number of hydrogen-bond acceptors (Lipinski definition) is 4. The van der Waals surface area contributed by atoms with Gasteiger partial charge in [-0.1, -0.05) is 0 Å². The molecule has 0 spiro atoms. The molecule has 0 unspecified atom stereocenters. The molecular formula is C15H22BF2N3O2. The van der Waals surface area contributed by atoms with Crippen LogP contribution in [0, 0.1) is 0 Å². The van der Waals surface area contributed by atoms with Crippen LogP contribution < -0.4 is 5.46 Å². The highest BCUT2D eigenvalue weighted by atomic mass is 19.3. The van der Waals surface area contributed by atoms with Gasteiger partial charge in [-0.3, -0.25) is 0 Å². The van der Waals surface area contributed by atoms with E-state index in [1.807, 2.05) is 27.7 Å². The van der Waals surface area contributed by atoms with Gasteiger partial charge in [0.2, 0.25) is 0 Å². The average Bonchev–Trinajstić information content (AvgIpc) is 2.64. The number of aromatic nitrogens is 1. The van der Waals surface area contributed by atoms with Crippen molar-refractivity contribution >= 4 is 24.7 Å². The van der Waals surface area contributed by atoms with E-state index < -0.39 is 24.7 Å². The molecule has 23 heavy (non-hydrogen) atoms. The number of rotatable bonds is 4. The van der Waals surface area contributed by atoms with Crippen molar-refractivity contribution in [1.29, 1.82) is 0 Å². The molecule has 1 fully saturated rings. The first kappa shape index (κ1) is 17.8. The van der Waals surface area contributed by atoms with Gasteiger partial charge in [0.05, 0.1) is 17.5 Å². The molecular weight excluding hydrogens is 303 g/mol. The molecule has 1 aliphatic heterocycles. The first-order chi connectivity index (χ1) is 10.5. The van der Waals surface area contributed by atoms with Crippen molar-refractivity contribution in [2.24, 2.45) is 4.99 Å². The summed E-state index contributed by atoms with van der Waals surface area (Å²) < 4.78 is 38.6. The summed E-state index contributed by atoms with van der Waals surface area (Å²) in [5.41, 5.74) is -1.13. The minimum Gasteiger partial charge on any atom is -0.399 e. The van der Waals surface area contributed by atoms with Gasteiger partial charge in [0, 0.05) is 31.3 Å². The van der Waals surface area contributed by atoms with Crippen LogP contribution in [0.25, 0.3) is 0 Å². The maximum absolute atomic E-state index is 13.4. The van der Waals surface area contributed by atoms with Crippen molar-refractivity contribution in [3.05, 3.63) is 17.8 Å². The second-order valence-corrected chi connectivity index (χ2v) is 6.77. The van der Waals surface area contributed by atoms with Crippen molar-refractivity contribution in [2.45, 2.75) is 45.3 Å². The average molecular weight is 325 g/mol. The van der Waals surface area contributed by atoms with Gasteiger partial charge in [-0.25, -0.2) is 18.8 Å². The second kappa shape index (κ2) is 6.16. The molecule has 126 valence electrons. The first-order valence-corrected chi connectivity index (χ1v) is 7.38. The lowest BCUT2D eigenvalue weighted by atomic mass is 9.77. The van der Waals surface area contributed by atoms with Crippen LogP contribution in [0.2, 0.25) is 0 Å². The van der Waals surface area contributed by atoms with Crippen LogP contribution in [0.1, 0.15) is 39.7 Å². The van der Waals surface area contributed by atoms with E-state index in [9.17, 15) is 8.78 Å². The summed E-state index contributed by atoms with van der Waals surface area (Å²) in [6.07, 6.45) is 0.193. The molecule has 1 aliphatic rings. The first-order valence-electron chi connectivity index (χ1n) is 7.38. The lowest BCUT2D eigenvalue weighted by molar-refractivity contribution is 0.00578. The number of alkyl halides is 2. The fraction of sp³-hybridized carbons (Fsp3) is 0.600. The van der Waals surface area contributed by atoms with Crippen LogP contribution >= 0.6 is 0 Å². The molecule has 2 rings (SSSR count). The lowest BCUT2D eigenvalue weighted by Crippen LogP contribution is -2.41. The number of nitrogens with zero attached hydrogens (tertiary/aromatic N) is 3. The number of aliphatic imine (C=N–C) groups is 1. The highest BCUT2D eigenvalue weighted by Crippen LogP contribution is 2.37. The van der Waals surface area contributed by atoms with E-state index in [2.05, 4.69) is 9.98 Å². The minimum atomic E-state index is -2.67. The zero-order chi connectivity index (χ0) is 17.4. The Morgan fingerprint density at radius 1 is 1.22 bits per heavy atom. The monoisotopic (exact) mass is 325 g/mol. The maximum Gasteiger partial charge on any atom is 0.496 e. The van der Waals surface area contributed by atoms with Crippen molar-refractivity contribution in [3.8, 4) is 0 Å². The highest BCUT2D eigenvalue weighted by molar-refractivity contribution is 6.62. The summed E-state index contributed by atoms with van der Waals surface area (Å²) in [7, 11) is 2.70. The fourth-order valence-corrected chi connectivity index (χ4v) is 2.07. The molecule has 8 heteroatoms. The third kappa shape index (κ3) is 3.69. The van der Waals surface area contributed by atoms with Gasteiger partial charge in [-0.05, 0) is 33.8 Å². The predicted molar refractivity (Wildman–Crippen MR) is 86.7 cm³/mol. The Morgan fingerprint density at radius 3 is 2.26 bits per heavy atom. The zero-order valence-corrected chi connectivity index (χ0v) is 14.3. The maximum atomic E-state index is 13.4. The topological polar surface area (TPSA) is 47.0 Å². The van der Waals surface area contributed by atoms with Crippen LogP contribution in [0.5, 0.6) is 0 Å². The van der Waals surface area contributed by atoms with Crippen molar-refractivity contribution < 1.29 is 18.1 Å². The van der Waals surface area contributed by atoms with E-state index in [0.29, 0.717) is 0 Å². The van der Waals surface area contributed by atoms with Crippen molar-refractivity contribution in [1.82, 2.24) is 9.88 Å². The number of pyridine rings is 1. The molecule has 0 aromatic carbocycles. The number of halogens is 2. The molecule has 0 bridgehead atoms. The van der Waals surface area contributed by atoms with E-state index in [1.54, 1.807) is 19.0 Å². The molecule has 1 aromatic heterocycles. The molecule has 0 amide bonds. The van der Waals surface area contributed by atoms with Crippen LogP contribution in [-0.2, 0) is 9.31 Å². The van der Waals surface area contributed by atoms with Crippen LogP contribution in [0.15, 0.2) is 17.3 Å². The van der Waals surface area contributed by atoms with Crippen molar-refractivity contribution in [3.63, 3.8) is 0 Å². The smallest absolute Gasteiger partial charge is 0.399 e. The summed E-state index contributed by atoms with van der Waals surface area (Å²) >= 11 is 0. The van der Waals surface area contributed by atoms with Gasteiger partial charge in [0.25, 0.3) is 6.43 Å². The van der Waals surface area contributed by atoms with Crippen molar-refractivity contribution in [2.75, 3.05) is 14.1 Å². The normalized spacial score (nSPS) is 19.8. The van der Waals surface area contributed by atoms with E-state index >= 15 is 0 Å². The Kier molecular flexibility index (Phi) is 4.77. The minimum absolute atomic E-state index is 0.176. The Bertz CT molecular complexity index is 590. The molecule has 5 nitrogen and oxygen atoms in total. The van der Waals surface area contributed by atoms with E-state index in [0.717, 1.165) is 0 Å². The standard InChI is InChI=1S/C15H22BF2N3O2/c1-14(2)15(3,4)23-16(22-14)11-8-19-12(20-9-21(5)6)7-10(11)13(17)18/h7-9,13H,1-6H3/b20-9-. The molecule has 2 heterocycles. The fourth-order valence-electron chi connectivity index (χ4n) is 2.07. The van der Waals surface area contributed by atoms with Gasteiger partial charge >= 0.3 is 7.12 Å². The largest absolute Gasteiger partial charge is 0.496 e. The van der Waals surface area contributed by atoms with E-state index in [-0.39, 0.29) is 16.8 Å². The lowest BCUT2D eigenvalue weighted by Gasteiger charge is -2.32.